The number of H-pyrrole nitrogens is 1. The molecule has 15 heavy (non-hydrogen) atoms. The molecule has 0 aliphatic carbocycles. The summed E-state index contributed by atoms with van der Waals surface area (Å²) in [5, 5.41) is 1.16. The fourth-order valence-electron chi connectivity index (χ4n) is 2.23. The van der Waals surface area contributed by atoms with Crippen LogP contribution in [-0.4, -0.2) is 16.6 Å². The number of hydrogen-bond acceptors (Lipinski definition) is 2. The molecule has 1 atom stereocenters. The van der Waals surface area contributed by atoms with Gasteiger partial charge in [-0.1, -0.05) is 0 Å². The van der Waals surface area contributed by atoms with E-state index in [0.29, 0.717) is 0 Å². The number of nitrogens with one attached hydrogen (secondary N) is 1. The van der Waals surface area contributed by atoms with E-state index in [0.717, 1.165) is 36.2 Å². The Balaban J connectivity index is 2.11. The van der Waals surface area contributed by atoms with Gasteiger partial charge in [-0.3, -0.25) is 0 Å². The SMILES string of the molecule is CC1(c2cc3cccnc3[nH]2)CCCO1. The second-order valence-corrected chi connectivity index (χ2v) is 4.31. The standard InChI is InChI=1S/C12H14N2O/c1-12(5-3-7-15-12)10-8-9-4-2-6-13-11(9)14-10/h2,4,6,8H,3,5,7H2,1H3,(H,13,14). The third-order valence-electron chi connectivity index (χ3n) is 3.18. The molecule has 0 amide bonds. The molecule has 1 aliphatic heterocycles. The van der Waals surface area contributed by atoms with E-state index in [-0.39, 0.29) is 5.60 Å². The highest BCUT2D eigenvalue weighted by Crippen LogP contribution is 2.35. The Bertz CT molecular complexity index is 450. The van der Waals surface area contributed by atoms with E-state index in [4.69, 9.17) is 4.74 Å². The van der Waals surface area contributed by atoms with Crippen LogP contribution in [-0.2, 0) is 10.3 Å². The second-order valence-electron chi connectivity index (χ2n) is 4.31. The molecule has 2 aromatic heterocycles. The number of aromatic nitrogens is 2. The quantitative estimate of drug-likeness (QED) is 0.771. The van der Waals surface area contributed by atoms with Crippen LogP contribution in [0.1, 0.15) is 25.5 Å². The van der Waals surface area contributed by atoms with Crippen molar-refractivity contribution in [1.29, 1.82) is 0 Å². The van der Waals surface area contributed by atoms with Crippen molar-refractivity contribution in [2.75, 3.05) is 6.61 Å². The van der Waals surface area contributed by atoms with E-state index in [2.05, 4.69) is 29.0 Å². The van der Waals surface area contributed by atoms with Gasteiger partial charge in [-0.15, -0.1) is 0 Å². The molecule has 2 aromatic rings. The number of aromatic amines is 1. The lowest BCUT2D eigenvalue weighted by Gasteiger charge is -2.21. The minimum absolute atomic E-state index is 0.138. The van der Waals surface area contributed by atoms with Gasteiger partial charge in [-0.05, 0) is 38.0 Å². The third kappa shape index (κ3) is 1.35. The summed E-state index contributed by atoms with van der Waals surface area (Å²) in [5.41, 5.74) is 1.96. The molecular weight excluding hydrogens is 188 g/mol. The van der Waals surface area contributed by atoms with Gasteiger partial charge in [0.15, 0.2) is 0 Å². The molecule has 1 N–H and O–H groups in total. The van der Waals surface area contributed by atoms with Gasteiger partial charge in [0.2, 0.25) is 0 Å². The fraction of sp³-hybridized carbons (Fsp3) is 0.417. The zero-order chi connectivity index (χ0) is 10.3. The summed E-state index contributed by atoms with van der Waals surface area (Å²) in [6, 6.07) is 6.17. The Labute approximate surface area is 88.5 Å². The van der Waals surface area contributed by atoms with Gasteiger partial charge in [-0.25, -0.2) is 4.98 Å². The van der Waals surface area contributed by atoms with Crippen LogP contribution < -0.4 is 0 Å². The molecule has 3 heterocycles. The first kappa shape index (κ1) is 8.92. The summed E-state index contributed by atoms with van der Waals surface area (Å²) >= 11 is 0. The molecular formula is C12H14N2O. The highest BCUT2D eigenvalue weighted by atomic mass is 16.5. The van der Waals surface area contributed by atoms with Crippen LogP contribution in [0.3, 0.4) is 0 Å². The van der Waals surface area contributed by atoms with E-state index in [1.165, 1.54) is 0 Å². The Morgan fingerprint density at radius 2 is 2.47 bits per heavy atom. The molecule has 1 saturated heterocycles. The Hall–Kier alpha value is -1.35. The fourth-order valence-corrected chi connectivity index (χ4v) is 2.23. The van der Waals surface area contributed by atoms with Gasteiger partial charge < -0.3 is 9.72 Å². The van der Waals surface area contributed by atoms with Gasteiger partial charge >= 0.3 is 0 Å². The Morgan fingerprint density at radius 1 is 1.53 bits per heavy atom. The largest absolute Gasteiger partial charge is 0.369 e. The van der Waals surface area contributed by atoms with Gasteiger partial charge in [0.25, 0.3) is 0 Å². The van der Waals surface area contributed by atoms with Crippen molar-refractivity contribution >= 4 is 11.0 Å². The van der Waals surface area contributed by atoms with E-state index in [9.17, 15) is 0 Å². The molecule has 0 aromatic carbocycles. The van der Waals surface area contributed by atoms with Crippen LogP contribution in [0.15, 0.2) is 24.4 Å². The normalized spacial score (nSPS) is 26.2. The van der Waals surface area contributed by atoms with Gasteiger partial charge in [-0.2, -0.15) is 0 Å². The summed E-state index contributed by atoms with van der Waals surface area (Å²) in [5.74, 6) is 0. The van der Waals surface area contributed by atoms with Crippen molar-refractivity contribution in [2.24, 2.45) is 0 Å². The van der Waals surface area contributed by atoms with Crippen molar-refractivity contribution in [3.8, 4) is 0 Å². The Morgan fingerprint density at radius 3 is 3.20 bits per heavy atom. The van der Waals surface area contributed by atoms with Crippen LogP contribution in [0.4, 0.5) is 0 Å². The van der Waals surface area contributed by atoms with Crippen molar-refractivity contribution < 1.29 is 4.74 Å². The Kier molecular flexibility index (Phi) is 1.83. The summed E-state index contributed by atoms with van der Waals surface area (Å²) in [7, 11) is 0. The first-order valence-corrected chi connectivity index (χ1v) is 5.36. The van der Waals surface area contributed by atoms with Gasteiger partial charge in [0, 0.05) is 23.9 Å². The van der Waals surface area contributed by atoms with Crippen molar-refractivity contribution in [2.45, 2.75) is 25.4 Å². The zero-order valence-corrected chi connectivity index (χ0v) is 8.79. The van der Waals surface area contributed by atoms with Gasteiger partial charge in [0.05, 0.1) is 0 Å². The van der Waals surface area contributed by atoms with E-state index < -0.39 is 0 Å². The van der Waals surface area contributed by atoms with Crippen molar-refractivity contribution in [3.63, 3.8) is 0 Å². The predicted octanol–water partition coefficient (Wildman–Crippen LogP) is 2.59. The monoisotopic (exact) mass is 202 g/mol. The molecule has 78 valence electrons. The number of nitrogens with zero attached hydrogens (tertiary/aromatic N) is 1. The average Bonchev–Trinajstić information content (AvgIpc) is 2.84. The number of ether oxygens (including phenoxy) is 1. The minimum atomic E-state index is -0.138. The minimum Gasteiger partial charge on any atom is -0.369 e. The summed E-state index contributed by atoms with van der Waals surface area (Å²) in [6.07, 6.45) is 4.03. The zero-order valence-electron chi connectivity index (χ0n) is 8.79. The number of hydrogen-bond donors (Lipinski definition) is 1. The third-order valence-corrected chi connectivity index (χ3v) is 3.18. The van der Waals surface area contributed by atoms with Crippen LogP contribution in [0.25, 0.3) is 11.0 Å². The number of rotatable bonds is 1. The topological polar surface area (TPSA) is 37.9 Å². The molecule has 0 bridgehead atoms. The average molecular weight is 202 g/mol. The first-order valence-electron chi connectivity index (χ1n) is 5.36. The molecule has 0 radical (unpaired) electrons. The molecule has 0 saturated carbocycles. The van der Waals surface area contributed by atoms with E-state index in [1.807, 2.05) is 6.07 Å². The molecule has 3 nitrogen and oxygen atoms in total. The molecule has 3 rings (SSSR count). The van der Waals surface area contributed by atoms with Crippen molar-refractivity contribution in [1.82, 2.24) is 9.97 Å². The highest BCUT2D eigenvalue weighted by Gasteiger charge is 2.33. The second kappa shape index (κ2) is 3.07. The number of fused-ring (bicyclic) bond motifs is 1. The maximum Gasteiger partial charge on any atom is 0.137 e. The summed E-state index contributed by atoms with van der Waals surface area (Å²) in [6.45, 7) is 3.00. The maximum absolute atomic E-state index is 5.80. The predicted molar refractivity (Wildman–Crippen MR) is 58.6 cm³/mol. The lowest BCUT2D eigenvalue weighted by atomic mass is 9.99. The molecule has 1 fully saturated rings. The lowest BCUT2D eigenvalue weighted by molar-refractivity contribution is 0.0138. The van der Waals surface area contributed by atoms with Crippen LogP contribution >= 0.6 is 0 Å². The lowest BCUT2D eigenvalue weighted by Crippen LogP contribution is -2.20. The van der Waals surface area contributed by atoms with E-state index in [1.54, 1.807) is 6.20 Å². The van der Waals surface area contributed by atoms with Crippen molar-refractivity contribution in [3.05, 3.63) is 30.1 Å². The molecule has 1 unspecified atom stereocenters. The van der Waals surface area contributed by atoms with Crippen LogP contribution in [0, 0.1) is 0 Å². The molecule has 3 heteroatoms. The van der Waals surface area contributed by atoms with Crippen LogP contribution in [0.5, 0.6) is 0 Å². The van der Waals surface area contributed by atoms with Crippen LogP contribution in [0.2, 0.25) is 0 Å². The molecule has 0 spiro atoms. The number of pyridine rings is 1. The smallest absolute Gasteiger partial charge is 0.137 e. The summed E-state index contributed by atoms with van der Waals surface area (Å²) < 4.78 is 5.80. The maximum atomic E-state index is 5.80. The molecule has 1 aliphatic rings. The first-order chi connectivity index (χ1) is 7.28. The summed E-state index contributed by atoms with van der Waals surface area (Å²) in [4.78, 5) is 7.64. The van der Waals surface area contributed by atoms with E-state index >= 15 is 0 Å². The van der Waals surface area contributed by atoms with Gasteiger partial charge in [0.1, 0.15) is 11.2 Å². The highest BCUT2D eigenvalue weighted by molar-refractivity contribution is 5.76.